The van der Waals surface area contributed by atoms with Gasteiger partial charge in [0.2, 0.25) is 0 Å². The van der Waals surface area contributed by atoms with Crippen LogP contribution in [0.4, 0.5) is 8.78 Å². The highest BCUT2D eigenvalue weighted by atomic mass is 19.1. The molecule has 0 saturated carbocycles. The van der Waals surface area contributed by atoms with Gasteiger partial charge in [-0.25, -0.2) is 13.6 Å². The van der Waals surface area contributed by atoms with Gasteiger partial charge >= 0.3 is 5.97 Å². The van der Waals surface area contributed by atoms with Crippen molar-refractivity contribution in [2.24, 2.45) is 0 Å². The van der Waals surface area contributed by atoms with Crippen LogP contribution in [0, 0.1) is 11.6 Å². The first-order valence-electron chi connectivity index (χ1n) is 4.94. The number of hydrogen-bond donors (Lipinski definition) is 1. The fourth-order valence-corrected chi connectivity index (χ4v) is 1.40. The van der Waals surface area contributed by atoms with Crippen LogP contribution in [-0.4, -0.2) is 29.6 Å². The van der Waals surface area contributed by atoms with Gasteiger partial charge in [-0.3, -0.25) is 4.90 Å². The molecule has 1 N–H and O–H groups in total. The predicted molar refractivity (Wildman–Crippen MR) is 59.5 cm³/mol. The molecule has 0 fully saturated rings. The minimum Gasteiger partial charge on any atom is -0.478 e. The highest BCUT2D eigenvalue weighted by molar-refractivity contribution is 5.86. The second-order valence-corrected chi connectivity index (χ2v) is 3.78. The van der Waals surface area contributed by atoms with Crippen molar-refractivity contribution in [3.05, 3.63) is 47.5 Å². The Hall–Kier alpha value is -1.75. The van der Waals surface area contributed by atoms with E-state index in [-0.39, 0.29) is 24.2 Å². The number of aliphatic carboxylic acids is 1. The maximum Gasteiger partial charge on any atom is 0.332 e. The van der Waals surface area contributed by atoms with Crippen LogP contribution in [0.25, 0.3) is 0 Å². The summed E-state index contributed by atoms with van der Waals surface area (Å²) in [4.78, 5) is 12.0. The summed E-state index contributed by atoms with van der Waals surface area (Å²) in [6, 6.07) is 3.61. The van der Waals surface area contributed by atoms with Crippen LogP contribution in [0.2, 0.25) is 0 Å². The number of benzene rings is 1. The molecule has 0 aromatic heterocycles. The largest absolute Gasteiger partial charge is 0.478 e. The molecular formula is C12H13F2NO2. The lowest BCUT2D eigenvalue weighted by atomic mass is 10.2. The summed E-state index contributed by atoms with van der Waals surface area (Å²) in [6.07, 6.45) is 0. The highest BCUT2D eigenvalue weighted by Crippen LogP contribution is 2.14. The fourth-order valence-electron chi connectivity index (χ4n) is 1.40. The molecule has 0 aliphatic carbocycles. The molecule has 3 nitrogen and oxygen atoms in total. The van der Waals surface area contributed by atoms with Crippen molar-refractivity contribution in [3.8, 4) is 0 Å². The molecule has 0 unspecified atom stereocenters. The molecule has 0 saturated heterocycles. The van der Waals surface area contributed by atoms with Crippen LogP contribution in [0.15, 0.2) is 30.4 Å². The lowest BCUT2D eigenvalue weighted by Gasteiger charge is -2.17. The monoisotopic (exact) mass is 241 g/mol. The zero-order chi connectivity index (χ0) is 13.0. The summed E-state index contributed by atoms with van der Waals surface area (Å²) in [5.41, 5.74) is -0.0996. The van der Waals surface area contributed by atoms with E-state index in [1.807, 2.05) is 0 Å². The molecule has 0 atom stereocenters. The fraction of sp³-hybridized carbons (Fsp3) is 0.250. The van der Waals surface area contributed by atoms with Gasteiger partial charge in [0.1, 0.15) is 11.6 Å². The average Bonchev–Trinajstić information content (AvgIpc) is 2.23. The van der Waals surface area contributed by atoms with Gasteiger partial charge < -0.3 is 5.11 Å². The molecule has 0 heterocycles. The van der Waals surface area contributed by atoms with E-state index < -0.39 is 17.6 Å². The van der Waals surface area contributed by atoms with Gasteiger partial charge in [-0.05, 0) is 19.2 Å². The number of hydrogen-bond acceptors (Lipinski definition) is 2. The first-order chi connectivity index (χ1) is 7.91. The smallest absolute Gasteiger partial charge is 0.332 e. The Labute approximate surface area is 98.0 Å². The van der Waals surface area contributed by atoms with Gasteiger partial charge in [-0.15, -0.1) is 0 Å². The van der Waals surface area contributed by atoms with Crippen LogP contribution in [0.5, 0.6) is 0 Å². The molecule has 17 heavy (non-hydrogen) atoms. The third-order valence-electron chi connectivity index (χ3n) is 2.25. The van der Waals surface area contributed by atoms with Gasteiger partial charge in [-0.1, -0.05) is 12.6 Å². The molecule has 0 spiro atoms. The first-order valence-corrected chi connectivity index (χ1v) is 4.94. The molecule has 0 bridgehead atoms. The van der Waals surface area contributed by atoms with Crippen LogP contribution < -0.4 is 0 Å². The minimum atomic E-state index is -1.12. The van der Waals surface area contributed by atoms with Crippen molar-refractivity contribution in [2.75, 3.05) is 13.6 Å². The number of carboxylic acids is 1. The summed E-state index contributed by atoms with van der Waals surface area (Å²) in [5, 5.41) is 8.63. The number of likely N-dealkylation sites (N-methyl/N-ethyl adjacent to an activating group) is 1. The summed E-state index contributed by atoms with van der Waals surface area (Å²) in [5.74, 6) is -2.40. The molecule has 1 aromatic rings. The van der Waals surface area contributed by atoms with E-state index in [0.717, 1.165) is 12.1 Å². The van der Waals surface area contributed by atoms with Crippen LogP contribution >= 0.6 is 0 Å². The second-order valence-electron chi connectivity index (χ2n) is 3.78. The Balaban J connectivity index is 2.71. The van der Waals surface area contributed by atoms with Gasteiger partial charge in [-0.2, -0.15) is 0 Å². The van der Waals surface area contributed by atoms with Gasteiger partial charge in [0.05, 0.1) is 0 Å². The standard InChI is InChI=1S/C12H13F2NO2/c1-8(12(16)17)6-15(2)7-9-10(13)4-3-5-11(9)14/h3-5H,1,6-7H2,2H3,(H,16,17). The summed E-state index contributed by atoms with van der Waals surface area (Å²) in [7, 11) is 1.57. The Bertz CT molecular complexity index is 426. The van der Waals surface area contributed by atoms with E-state index in [1.165, 1.54) is 11.0 Å². The highest BCUT2D eigenvalue weighted by Gasteiger charge is 2.13. The molecule has 0 aliphatic heterocycles. The van der Waals surface area contributed by atoms with E-state index in [4.69, 9.17) is 5.11 Å². The first kappa shape index (κ1) is 13.3. The Morgan fingerprint density at radius 1 is 1.41 bits per heavy atom. The topological polar surface area (TPSA) is 40.5 Å². The molecule has 0 radical (unpaired) electrons. The van der Waals surface area contributed by atoms with Crippen molar-refractivity contribution < 1.29 is 18.7 Å². The van der Waals surface area contributed by atoms with E-state index in [9.17, 15) is 13.6 Å². The Kier molecular flexibility index (Phi) is 4.34. The number of halogens is 2. The van der Waals surface area contributed by atoms with Crippen molar-refractivity contribution >= 4 is 5.97 Å². The summed E-state index contributed by atoms with van der Waals surface area (Å²) in [6.45, 7) is 3.39. The van der Waals surface area contributed by atoms with E-state index in [2.05, 4.69) is 6.58 Å². The van der Waals surface area contributed by atoms with E-state index in [1.54, 1.807) is 7.05 Å². The molecule has 1 aromatic carbocycles. The summed E-state index contributed by atoms with van der Waals surface area (Å²) < 4.78 is 26.6. The molecular weight excluding hydrogens is 228 g/mol. The minimum absolute atomic E-state index is 0.00912. The molecule has 92 valence electrons. The Morgan fingerprint density at radius 2 is 1.94 bits per heavy atom. The normalized spacial score (nSPS) is 10.6. The number of rotatable bonds is 5. The van der Waals surface area contributed by atoms with Gasteiger partial charge in [0, 0.05) is 24.2 Å². The van der Waals surface area contributed by atoms with Crippen molar-refractivity contribution in [1.82, 2.24) is 4.90 Å². The second kappa shape index (κ2) is 5.54. The van der Waals surface area contributed by atoms with Crippen LogP contribution in [-0.2, 0) is 11.3 Å². The third-order valence-corrected chi connectivity index (χ3v) is 2.25. The molecule has 5 heteroatoms. The van der Waals surface area contributed by atoms with Crippen molar-refractivity contribution in [1.29, 1.82) is 0 Å². The quantitative estimate of drug-likeness (QED) is 0.802. The molecule has 0 aliphatic rings. The zero-order valence-corrected chi connectivity index (χ0v) is 9.41. The van der Waals surface area contributed by atoms with Crippen molar-refractivity contribution in [3.63, 3.8) is 0 Å². The van der Waals surface area contributed by atoms with Crippen LogP contribution in [0.3, 0.4) is 0 Å². The number of nitrogens with zero attached hydrogens (tertiary/aromatic N) is 1. The third kappa shape index (κ3) is 3.64. The maximum absolute atomic E-state index is 13.3. The van der Waals surface area contributed by atoms with Gasteiger partial charge in [0.15, 0.2) is 0 Å². The van der Waals surface area contributed by atoms with Crippen molar-refractivity contribution in [2.45, 2.75) is 6.54 Å². The van der Waals surface area contributed by atoms with E-state index >= 15 is 0 Å². The predicted octanol–water partition coefficient (Wildman–Crippen LogP) is 2.04. The zero-order valence-electron chi connectivity index (χ0n) is 9.41. The lowest BCUT2D eigenvalue weighted by molar-refractivity contribution is -0.132. The lowest BCUT2D eigenvalue weighted by Crippen LogP contribution is -2.24. The SMILES string of the molecule is C=C(CN(C)Cc1c(F)cccc1F)C(=O)O. The van der Waals surface area contributed by atoms with Crippen LogP contribution in [0.1, 0.15) is 5.56 Å². The summed E-state index contributed by atoms with van der Waals surface area (Å²) >= 11 is 0. The molecule has 1 rings (SSSR count). The molecule has 0 amide bonds. The number of carboxylic acid groups (broad SMARTS) is 1. The van der Waals surface area contributed by atoms with Gasteiger partial charge in [0.25, 0.3) is 0 Å². The maximum atomic E-state index is 13.3. The van der Waals surface area contributed by atoms with E-state index in [0.29, 0.717) is 0 Å². The number of carbonyl (C=O) groups is 1. The average molecular weight is 241 g/mol. The Morgan fingerprint density at radius 3 is 2.41 bits per heavy atom.